The highest BCUT2D eigenvalue weighted by atomic mass is 35.5. The van der Waals surface area contributed by atoms with Crippen molar-refractivity contribution in [1.29, 1.82) is 0 Å². The van der Waals surface area contributed by atoms with E-state index in [1.165, 1.54) is 5.71 Å². The second-order valence-electron chi connectivity index (χ2n) is 3.11. The molecule has 0 bridgehead atoms. The fourth-order valence-corrected chi connectivity index (χ4v) is 1.49. The average molecular weight is 196 g/mol. The molecule has 1 saturated heterocycles. The zero-order valence-corrected chi connectivity index (χ0v) is 8.62. The summed E-state index contributed by atoms with van der Waals surface area (Å²) in [6, 6.07) is 0. The lowest BCUT2D eigenvalue weighted by atomic mass is 10.1. The smallest absolute Gasteiger partial charge is 0.146 e. The van der Waals surface area contributed by atoms with Crippen LogP contribution < -0.4 is 12.4 Å². The zero-order valence-electron chi connectivity index (χ0n) is 7.11. The van der Waals surface area contributed by atoms with E-state index in [-0.39, 0.29) is 12.4 Å². The van der Waals surface area contributed by atoms with Crippen LogP contribution in [0.15, 0.2) is 0 Å². The molecule has 0 amide bonds. The van der Waals surface area contributed by atoms with Gasteiger partial charge in [-0.2, -0.15) is 0 Å². The fraction of sp³-hybridized carbons (Fsp3) is 0.875. The summed E-state index contributed by atoms with van der Waals surface area (Å²) in [5.74, 6) is 0. The topological polar surface area (TPSA) is 3.01 Å². The van der Waals surface area contributed by atoms with Gasteiger partial charge in [0.15, 0.2) is 0 Å². The van der Waals surface area contributed by atoms with E-state index in [2.05, 4.69) is 18.4 Å². The predicted molar refractivity (Wildman–Crippen MR) is 45.2 cm³/mol. The Labute approximate surface area is 79.8 Å². The molecular weight excluding hydrogens is 181 g/mol. The lowest BCUT2D eigenvalue weighted by Gasteiger charge is -2.15. The molecule has 1 nitrogen and oxygen atoms in total. The standard InChI is InChI=1S/C8H15ClN.ClH/c1-7(2)10-5-3-8(9)4-6-10;/h8H,3-6H2,1-2H3;1H/q+1;/p-1. The van der Waals surface area contributed by atoms with Gasteiger partial charge in [0.05, 0.1) is 0 Å². The molecule has 0 spiro atoms. The van der Waals surface area contributed by atoms with Crippen molar-refractivity contribution in [3.63, 3.8) is 0 Å². The molecule has 0 unspecified atom stereocenters. The maximum absolute atomic E-state index is 5.95. The van der Waals surface area contributed by atoms with E-state index in [9.17, 15) is 0 Å². The van der Waals surface area contributed by atoms with Crippen LogP contribution in [0, 0.1) is 0 Å². The summed E-state index contributed by atoms with van der Waals surface area (Å²) in [6.07, 6.45) is 2.29. The number of hydrogen-bond acceptors (Lipinski definition) is 0. The molecule has 0 N–H and O–H groups in total. The third kappa shape index (κ3) is 3.44. The normalized spacial score (nSPS) is 24.3. The SMILES string of the molecule is CC(C)=[N+]1CCC(Cl)CC1.[Cl-]. The summed E-state index contributed by atoms with van der Waals surface area (Å²) >= 11 is 5.95. The summed E-state index contributed by atoms with van der Waals surface area (Å²) in [5, 5.41) is 0.426. The van der Waals surface area contributed by atoms with Gasteiger partial charge in [-0.05, 0) is 0 Å². The van der Waals surface area contributed by atoms with Gasteiger partial charge in [-0.1, -0.05) is 0 Å². The number of nitrogens with zero attached hydrogens (tertiary/aromatic N) is 1. The lowest BCUT2D eigenvalue weighted by molar-refractivity contribution is -0.537. The van der Waals surface area contributed by atoms with Gasteiger partial charge in [0.25, 0.3) is 0 Å². The van der Waals surface area contributed by atoms with E-state index >= 15 is 0 Å². The third-order valence-electron chi connectivity index (χ3n) is 2.06. The molecule has 1 aliphatic rings. The quantitative estimate of drug-likeness (QED) is 0.341. The molecule has 1 heterocycles. The van der Waals surface area contributed by atoms with Gasteiger partial charge in [0.1, 0.15) is 18.8 Å². The van der Waals surface area contributed by atoms with Crippen molar-refractivity contribution in [3.8, 4) is 0 Å². The molecular formula is C8H15Cl2N. The number of rotatable bonds is 0. The molecule has 1 aliphatic heterocycles. The van der Waals surface area contributed by atoms with E-state index in [4.69, 9.17) is 11.6 Å². The molecule has 0 aromatic heterocycles. The van der Waals surface area contributed by atoms with E-state index in [1.807, 2.05) is 0 Å². The van der Waals surface area contributed by atoms with Gasteiger partial charge in [-0.25, -0.2) is 4.58 Å². The van der Waals surface area contributed by atoms with E-state index in [0.29, 0.717) is 5.38 Å². The van der Waals surface area contributed by atoms with E-state index < -0.39 is 0 Å². The first-order chi connectivity index (χ1) is 4.70. The predicted octanol–water partition coefficient (Wildman–Crippen LogP) is -1.12. The number of piperidine rings is 1. The number of hydrogen-bond donors (Lipinski definition) is 0. The highest BCUT2D eigenvalue weighted by Crippen LogP contribution is 2.12. The van der Waals surface area contributed by atoms with Crippen molar-refractivity contribution in [2.24, 2.45) is 0 Å². The van der Waals surface area contributed by atoms with Crippen molar-refractivity contribution >= 4 is 17.3 Å². The molecule has 11 heavy (non-hydrogen) atoms. The van der Waals surface area contributed by atoms with Gasteiger partial charge in [0, 0.05) is 32.1 Å². The molecule has 0 atom stereocenters. The Bertz CT molecular complexity index is 140. The van der Waals surface area contributed by atoms with Crippen molar-refractivity contribution < 1.29 is 17.0 Å². The molecule has 3 heteroatoms. The van der Waals surface area contributed by atoms with Crippen molar-refractivity contribution in [2.75, 3.05) is 13.1 Å². The van der Waals surface area contributed by atoms with Gasteiger partial charge in [0.2, 0.25) is 0 Å². The van der Waals surface area contributed by atoms with Gasteiger partial charge in [-0.3, -0.25) is 0 Å². The molecule has 0 aliphatic carbocycles. The van der Waals surface area contributed by atoms with E-state index in [1.54, 1.807) is 0 Å². The van der Waals surface area contributed by atoms with Crippen LogP contribution in [0.1, 0.15) is 26.7 Å². The van der Waals surface area contributed by atoms with Crippen LogP contribution in [0.3, 0.4) is 0 Å². The van der Waals surface area contributed by atoms with Crippen molar-refractivity contribution in [2.45, 2.75) is 32.1 Å². The number of alkyl halides is 1. The lowest BCUT2D eigenvalue weighted by Crippen LogP contribution is -3.00. The molecule has 1 fully saturated rings. The second-order valence-corrected chi connectivity index (χ2v) is 3.73. The first-order valence-corrected chi connectivity index (χ1v) is 4.33. The van der Waals surface area contributed by atoms with Crippen molar-refractivity contribution in [3.05, 3.63) is 0 Å². The minimum atomic E-state index is 0. The highest BCUT2D eigenvalue weighted by Gasteiger charge is 2.19. The molecule has 1 rings (SSSR count). The van der Waals surface area contributed by atoms with Crippen LogP contribution in [0.5, 0.6) is 0 Å². The molecule has 0 saturated carbocycles. The average Bonchev–Trinajstić information content (AvgIpc) is 1.88. The minimum absolute atomic E-state index is 0. The first-order valence-electron chi connectivity index (χ1n) is 3.89. The fourth-order valence-electron chi connectivity index (χ4n) is 1.30. The molecule has 0 radical (unpaired) electrons. The Morgan fingerprint density at radius 2 is 1.73 bits per heavy atom. The van der Waals surface area contributed by atoms with Crippen LogP contribution in [-0.4, -0.2) is 28.8 Å². The Balaban J connectivity index is 0.000001000. The maximum Gasteiger partial charge on any atom is 0.146 e. The summed E-state index contributed by atoms with van der Waals surface area (Å²) in [4.78, 5) is 0. The zero-order chi connectivity index (χ0) is 7.56. The van der Waals surface area contributed by atoms with Crippen LogP contribution >= 0.6 is 11.6 Å². The Kier molecular flexibility index (Phi) is 5.11. The Morgan fingerprint density at radius 3 is 2.09 bits per heavy atom. The molecule has 66 valence electrons. The van der Waals surface area contributed by atoms with Crippen LogP contribution in [-0.2, 0) is 0 Å². The van der Waals surface area contributed by atoms with Crippen LogP contribution in [0.2, 0.25) is 0 Å². The summed E-state index contributed by atoms with van der Waals surface area (Å²) < 4.78 is 2.40. The Hall–Kier alpha value is 0.250. The van der Waals surface area contributed by atoms with Crippen LogP contribution in [0.4, 0.5) is 0 Å². The number of halogens is 2. The van der Waals surface area contributed by atoms with Crippen molar-refractivity contribution in [1.82, 2.24) is 0 Å². The van der Waals surface area contributed by atoms with E-state index in [0.717, 1.165) is 25.9 Å². The van der Waals surface area contributed by atoms with Crippen LogP contribution in [0.25, 0.3) is 0 Å². The molecule has 0 aromatic rings. The summed E-state index contributed by atoms with van der Waals surface area (Å²) in [6.45, 7) is 6.62. The highest BCUT2D eigenvalue weighted by molar-refractivity contribution is 6.20. The summed E-state index contributed by atoms with van der Waals surface area (Å²) in [5.41, 5.74) is 1.42. The molecule has 0 aromatic carbocycles. The van der Waals surface area contributed by atoms with Gasteiger partial charge in [-0.15, -0.1) is 11.6 Å². The second kappa shape index (κ2) is 5.00. The van der Waals surface area contributed by atoms with Gasteiger partial charge >= 0.3 is 0 Å². The largest absolute Gasteiger partial charge is 1.00 e. The van der Waals surface area contributed by atoms with Gasteiger partial charge < -0.3 is 12.4 Å². The maximum atomic E-state index is 5.95. The minimum Gasteiger partial charge on any atom is -1.00 e. The monoisotopic (exact) mass is 195 g/mol. The Morgan fingerprint density at radius 1 is 1.27 bits per heavy atom. The third-order valence-corrected chi connectivity index (χ3v) is 2.49. The summed E-state index contributed by atoms with van der Waals surface area (Å²) in [7, 11) is 0. The first kappa shape index (κ1) is 11.2.